The molecule has 0 spiro atoms. The first-order valence-electron chi connectivity index (χ1n) is 9.04. The van der Waals surface area contributed by atoms with Crippen molar-refractivity contribution in [2.75, 3.05) is 32.7 Å². The highest BCUT2D eigenvalue weighted by atomic mass is 32.2. The maximum atomic E-state index is 14.2. The van der Waals surface area contributed by atoms with Gasteiger partial charge in [-0.1, -0.05) is 12.1 Å². The zero-order chi connectivity index (χ0) is 21.2. The summed E-state index contributed by atoms with van der Waals surface area (Å²) < 4.78 is 45.8. The number of piperazine rings is 1. The number of aryl methyl sites for hydroxylation is 1. The van der Waals surface area contributed by atoms with E-state index in [1.807, 2.05) is 0 Å². The molecule has 1 aliphatic rings. The molecule has 0 radical (unpaired) electrons. The van der Waals surface area contributed by atoms with E-state index < -0.39 is 21.7 Å². The van der Waals surface area contributed by atoms with Crippen molar-refractivity contribution in [1.82, 2.24) is 19.7 Å². The largest absolute Gasteiger partial charge is 0.351 e. The molecule has 11 heteroatoms. The third kappa shape index (κ3) is 4.46. The summed E-state index contributed by atoms with van der Waals surface area (Å²) in [7, 11) is -3.82. The first kappa shape index (κ1) is 20.9. The number of hydrogen-bond acceptors (Lipinski definition) is 6. The fourth-order valence-corrected chi connectivity index (χ4v) is 4.08. The summed E-state index contributed by atoms with van der Waals surface area (Å²) in [6.45, 7) is 4.33. The zero-order valence-corrected chi connectivity index (χ0v) is 16.8. The van der Waals surface area contributed by atoms with Gasteiger partial charge in [0.2, 0.25) is 15.8 Å². The first-order chi connectivity index (χ1) is 13.7. The molecular weight excluding hydrogens is 403 g/mol. The molecule has 3 rings (SSSR count). The van der Waals surface area contributed by atoms with Gasteiger partial charge >= 0.3 is 0 Å². The smallest absolute Gasteiger partial charge is 0.292 e. The number of nitrogens with zero attached hydrogens (tertiary/aromatic N) is 3. The van der Waals surface area contributed by atoms with Crippen LogP contribution in [0.2, 0.25) is 0 Å². The van der Waals surface area contributed by atoms with Crippen molar-refractivity contribution in [2.24, 2.45) is 0 Å². The molecule has 29 heavy (non-hydrogen) atoms. The highest BCUT2D eigenvalue weighted by Crippen LogP contribution is 2.18. The molecular formula is C18H21FN4O5S. The normalized spacial score (nSPS) is 14.9. The van der Waals surface area contributed by atoms with Gasteiger partial charge < -0.3 is 14.3 Å². The Morgan fingerprint density at radius 1 is 1.14 bits per heavy atom. The molecule has 1 N–H and O–H groups in total. The van der Waals surface area contributed by atoms with Crippen LogP contribution in [0.4, 0.5) is 4.39 Å². The number of rotatable bonds is 5. The molecule has 2 heterocycles. The van der Waals surface area contributed by atoms with Crippen molar-refractivity contribution in [3.05, 3.63) is 47.1 Å². The predicted octanol–water partition coefficient (Wildman–Crippen LogP) is 1.02. The molecule has 0 atom stereocenters. The van der Waals surface area contributed by atoms with Gasteiger partial charge in [-0.3, -0.25) is 9.59 Å². The number of hydrogen-bond donors (Lipinski definition) is 1. The molecule has 0 unspecified atom stereocenters. The van der Waals surface area contributed by atoms with Crippen LogP contribution in [-0.2, 0) is 10.0 Å². The lowest BCUT2D eigenvalue weighted by Gasteiger charge is -2.34. The molecule has 1 aromatic heterocycles. The van der Waals surface area contributed by atoms with Crippen LogP contribution in [0.1, 0.15) is 33.5 Å². The third-order valence-corrected chi connectivity index (χ3v) is 6.05. The number of carbonyl (C=O) groups excluding carboxylic acids is 2. The SMILES string of the molecule is CCNS(=O)(=O)c1ccc(F)c(C(=O)N2CCN(C(=O)c3cc(C)no3)CC2)c1. The maximum Gasteiger partial charge on any atom is 0.292 e. The fourth-order valence-electron chi connectivity index (χ4n) is 3.01. The summed E-state index contributed by atoms with van der Waals surface area (Å²) in [6, 6.07) is 4.64. The van der Waals surface area contributed by atoms with Crippen LogP contribution in [0.5, 0.6) is 0 Å². The molecule has 0 bridgehead atoms. The van der Waals surface area contributed by atoms with E-state index in [-0.39, 0.29) is 54.9 Å². The summed E-state index contributed by atoms with van der Waals surface area (Å²) in [6.07, 6.45) is 0. The number of sulfonamides is 1. The second-order valence-electron chi connectivity index (χ2n) is 6.56. The number of benzene rings is 1. The summed E-state index contributed by atoms with van der Waals surface area (Å²) in [5.41, 5.74) is 0.264. The highest BCUT2D eigenvalue weighted by Gasteiger charge is 2.29. The van der Waals surface area contributed by atoms with E-state index in [1.165, 1.54) is 15.9 Å². The average molecular weight is 424 g/mol. The summed E-state index contributed by atoms with van der Waals surface area (Å²) in [4.78, 5) is 27.9. The Morgan fingerprint density at radius 3 is 2.31 bits per heavy atom. The number of aromatic nitrogens is 1. The van der Waals surface area contributed by atoms with Gasteiger partial charge in [0.25, 0.3) is 11.8 Å². The van der Waals surface area contributed by atoms with Gasteiger partial charge in [-0.2, -0.15) is 0 Å². The van der Waals surface area contributed by atoms with Gasteiger partial charge in [-0.15, -0.1) is 0 Å². The Balaban J connectivity index is 1.71. The van der Waals surface area contributed by atoms with Crippen LogP contribution in [-0.4, -0.2) is 67.9 Å². The molecule has 0 aliphatic carbocycles. The van der Waals surface area contributed by atoms with E-state index in [4.69, 9.17) is 4.52 Å². The van der Waals surface area contributed by atoms with Crippen molar-refractivity contribution >= 4 is 21.8 Å². The lowest BCUT2D eigenvalue weighted by Crippen LogP contribution is -2.50. The van der Waals surface area contributed by atoms with Crippen molar-refractivity contribution in [1.29, 1.82) is 0 Å². The highest BCUT2D eigenvalue weighted by molar-refractivity contribution is 7.89. The van der Waals surface area contributed by atoms with E-state index in [1.54, 1.807) is 13.8 Å². The van der Waals surface area contributed by atoms with Gasteiger partial charge in [0.05, 0.1) is 16.2 Å². The van der Waals surface area contributed by atoms with Crippen molar-refractivity contribution in [2.45, 2.75) is 18.7 Å². The molecule has 1 saturated heterocycles. The maximum absolute atomic E-state index is 14.2. The fraction of sp³-hybridized carbons (Fsp3) is 0.389. The minimum Gasteiger partial charge on any atom is -0.351 e. The van der Waals surface area contributed by atoms with Gasteiger partial charge in [-0.05, 0) is 25.1 Å². The molecule has 156 valence electrons. The van der Waals surface area contributed by atoms with Crippen molar-refractivity contribution < 1.29 is 26.9 Å². The van der Waals surface area contributed by atoms with Crippen LogP contribution in [0.3, 0.4) is 0 Å². The zero-order valence-electron chi connectivity index (χ0n) is 16.0. The molecule has 1 fully saturated rings. The number of halogens is 1. The monoisotopic (exact) mass is 424 g/mol. The molecule has 2 aromatic rings. The molecule has 9 nitrogen and oxygen atoms in total. The van der Waals surface area contributed by atoms with E-state index >= 15 is 0 Å². The summed E-state index contributed by atoms with van der Waals surface area (Å²) in [5, 5.41) is 3.68. The Kier molecular flexibility index (Phi) is 5.99. The molecule has 2 amide bonds. The Bertz CT molecular complexity index is 1030. The standard InChI is InChI=1S/C18H21FN4O5S/c1-3-20-29(26,27)13-4-5-15(19)14(11-13)17(24)22-6-8-23(9-7-22)18(25)16-10-12(2)21-28-16/h4-5,10-11,20H,3,6-9H2,1-2H3. The number of amides is 2. The quantitative estimate of drug-likeness (QED) is 0.767. The third-order valence-electron chi connectivity index (χ3n) is 4.51. The van der Waals surface area contributed by atoms with E-state index in [0.29, 0.717) is 5.69 Å². The summed E-state index contributed by atoms with van der Waals surface area (Å²) >= 11 is 0. The van der Waals surface area contributed by atoms with Gasteiger partial charge in [0, 0.05) is 38.8 Å². The van der Waals surface area contributed by atoms with Crippen LogP contribution < -0.4 is 4.72 Å². The van der Waals surface area contributed by atoms with Gasteiger partial charge in [0.15, 0.2) is 0 Å². The first-order valence-corrected chi connectivity index (χ1v) is 10.5. The second kappa shape index (κ2) is 8.29. The topological polar surface area (TPSA) is 113 Å². The Labute approximate surface area is 167 Å². The average Bonchev–Trinajstić information content (AvgIpc) is 3.13. The predicted molar refractivity (Wildman–Crippen MR) is 100 cm³/mol. The second-order valence-corrected chi connectivity index (χ2v) is 8.33. The van der Waals surface area contributed by atoms with Gasteiger partial charge in [-0.25, -0.2) is 17.5 Å². The minimum atomic E-state index is -3.82. The Morgan fingerprint density at radius 2 is 1.76 bits per heavy atom. The molecule has 0 saturated carbocycles. The summed E-state index contributed by atoms with van der Waals surface area (Å²) in [5.74, 6) is -1.64. The van der Waals surface area contributed by atoms with E-state index in [2.05, 4.69) is 9.88 Å². The van der Waals surface area contributed by atoms with Crippen LogP contribution in [0.15, 0.2) is 33.7 Å². The van der Waals surface area contributed by atoms with Crippen molar-refractivity contribution in [3.8, 4) is 0 Å². The number of carbonyl (C=O) groups is 2. The number of nitrogens with one attached hydrogen (secondary N) is 1. The van der Waals surface area contributed by atoms with Crippen molar-refractivity contribution in [3.63, 3.8) is 0 Å². The lowest BCUT2D eigenvalue weighted by atomic mass is 10.1. The van der Waals surface area contributed by atoms with Crippen LogP contribution in [0, 0.1) is 12.7 Å². The van der Waals surface area contributed by atoms with E-state index in [0.717, 1.165) is 18.2 Å². The minimum absolute atomic E-state index is 0.120. The Hall–Kier alpha value is -2.79. The van der Waals surface area contributed by atoms with Gasteiger partial charge in [0.1, 0.15) is 5.82 Å². The molecule has 1 aromatic carbocycles. The lowest BCUT2D eigenvalue weighted by molar-refractivity contribution is 0.0510. The van der Waals surface area contributed by atoms with E-state index in [9.17, 15) is 22.4 Å². The molecule has 1 aliphatic heterocycles. The van der Waals surface area contributed by atoms with Crippen LogP contribution in [0.25, 0.3) is 0 Å². The van der Waals surface area contributed by atoms with Crippen LogP contribution >= 0.6 is 0 Å².